The molecule has 2 heterocycles. The largest absolute Gasteiger partial charge is 0.495 e. The molecule has 116 valence electrons. The Labute approximate surface area is 129 Å². The summed E-state index contributed by atoms with van der Waals surface area (Å²) in [5, 5.41) is 3.92. The number of aryl methyl sites for hydroxylation is 3. The highest BCUT2D eigenvalue weighted by Crippen LogP contribution is 2.36. The van der Waals surface area contributed by atoms with Crippen LogP contribution in [0, 0.1) is 13.8 Å². The lowest BCUT2D eigenvalue weighted by Gasteiger charge is -2.31. The number of para-hydroxylation sites is 1. The van der Waals surface area contributed by atoms with E-state index >= 15 is 0 Å². The molecular formula is C17H20N2O3. The molecule has 0 saturated heterocycles. The van der Waals surface area contributed by atoms with Gasteiger partial charge < -0.3 is 14.2 Å². The maximum atomic E-state index is 12.8. The Kier molecular flexibility index (Phi) is 3.88. The number of amides is 1. The van der Waals surface area contributed by atoms with Crippen molar-refractivity contribution in [3.05, 3.63) is 40.8 Å². The van der Waals surface area contributed by atoms with E-state index in [9.17, 15) is 4.79 Å². The van der Waals surface area contributed by atoms with Crippen molar-refractivity contribution in [3.8, 4) is 5.75 Å². The molecule has 0 bridgehead atoms. The summed E-state index contributed by atoms with van der Waals surface area (Å²) in [6, 6.07) is 5.94. The topological polar surface area (TPSA) is 55.6 Å². The lowest BCUT2D eigenvalue weighted by molar-refractivity contribution is -0.118. The van der Waals surface area contributed by atoms with E-state index in [4.69, 9.17) is 9.26 Å². The number of ether oxygens (including phenoxy) is 1. The summed E-state index contributed by atoms with van der Waals surface area (Å²) >= 11 is 0. The van der Waals surface area contributed by atoms with E-state index in [1.54, 1.807) is 7.11 Å². The number of hydrogen-bond donors (Lipinski definition) is 0. The van der Waals surface area contributed by atoms with Crippen LogP contribution in [0.1, 0.15) is 29.0 Å². The zero-order chi connectivity index (χ0) is 15.7. The van der Waals surface area contributed by atoms with Gasteiger partial charge >= 0.3 is 0 Å². The minimum atomic E-state index is 0.0554. The predicted octanol–water partition coefficient (Wildman–Crippen LogP) is 2.82. The van der Waals surface area contributed by atoms with Crippen LogP contribution >= 0.6 is 0 Å². The van der Waals surface area contributed by atoms with Crippen molar-refractivity contribution in [3.63, 3.8) is 0 Å². The molecule has 0 aliphatic carbocycles. The first-order valence-electron chi connectivity index (χ1n) is 7.49. The number of rotatable bonds is 3. The van der Waals surface area contributed by atoms with E-state index in [2.05, 4.69) is 11.2 Å². The third-order valence-electron chi connectivity index (χ3n) is 4.21. The minimum Gasteiger partial charge on any atom is -0.495 e. The number of carbonyl (C=O) groups is 1. The average molecular weight is 300 g/mol. The molecule has 1 aromatic heterocycles. The van der Waals surface area contributed by atoms with Gasteiger partial charge in [0.25, 0.3) is 0 Å². The molecule has 3 rings (SSSR count). The molecule has 0 saturated carbocycles. The van der Waals surface area contributed by atoms with Crippen LogP contribution in [0.5, 0.6) is 5.75 Å². The number of anilines is 1. The van der Waals surface area contributed by atoms with Crippen LogP contribution in [0.2, 0.25) is 0 Å². The fourth-order valence-electron chi connectivity index (χ4n) is 3.03. The molecular weight excluding hydrogens is 280 g/mol. The summed E-state index contributed by atoms with van der Waals surface area (Å²) in [6.07, 6.45) is 2.24. The maximum Gasteiger partial charge on any atom is 0.231 e. The highest BCUT2D eigenvalue weighted by atomic mass is 16.5. The zero-order valence-electron chi connectivity index (χ0n) is 13.2. The van der Waals surface area contributed by atoms with E-state index in [1.165, 1.54) is 0 Å². The Morgan fingerprint density at radius 3 is 2.91 bits per heavy atom. The molecule has 0 N–H and O–H groups in total. The molecule has 5 heteroatoms. The van der Waals surface area contributed by atoms with Gasteiger partial charge in [-0.25, -0.2) is 0 Å². The Morgan fingerprint density at radius 2 is 2.23 bits per heavy atom. The maximum absolute atomic E-state index is 12.8. The Balaban J connectivity index is 1.92. The van der Waals surface area contributed by atoms with E-state index in [0.29, 0.717) is 12.2 Å². The summed E-state index contributed by atoms with van der Waals surface area (Å²) < 4.78 is 10.6. The summed E-state index contributed by atoms with van der Waals surface area (Å²) in [6.45, 7) is 4.42. The predicted molar refractivity (Wildman–Crippen MR) is 83.3 cm³/mol. The quantitative estimate of drug-likeness (QED) is 0.874. The number of methoxy groups -OCH3 is 1. The molecule has 0 spiro atoms. The van der Waals surface area contributed by atoms with Crippen LogP contribution in [-0.4, -0.2) is 24.7 Å². The number of nitrogens with zero attached hydrogens (tertiary/aromatic N) is 2. The van der Waals surface area contributed by atoms with Crippen molar-refractivity contribution in [1.82, 2.24) is 5.16 Å². The Morgan fingerprint density at radius 1 is 1.41 bits per heavy atom. The van der Waals surface area contributed by atoms with E-state index in [-0.39, 0.29) is 5.91 Å². The van der Waals surface area contributed by atoms with Gasteiger partial charge in [-0.3, -0.25) is 4.79 Å². The SMILES string of the molecule is COc1cccc2c1N(C(=O)Cc1c(C)noc1C)CCC2. The molecule has 0 unspecified atom stereocenters. The second-order valence-corrected chi connectivity index (χ2v) is 5.60. The van der Waals surface area contributed by atoms with Crippen molar-refractivity contribution in [2.75, 3.05) is 18.6 Å². The van der Waals surface area contributed by atoms with Crippen LogP contribution in [0.3, 0.4) is 0 Å². The molecule has 1 aliphatic heterocycles. The standard InChI is InChI=1S/C17H20N2O3/c1-11-14(12(2)22-18-11)10-16(20)19-9-5-7-13-6-4-8-15(21-3)17(13)19/h4,6,8H,5,7,9-10H2,1-3H3. The number of aromatic nitrogens is 1. The van der Waals surface area contributed by atoms with Crippen molar-refractivity contribution in [2.45, 2.75) is 33.1 Å². The van der Waals surface area contributed by atoms with Crippen LogP contribution < -0.4 is 9.64 Å². The highest BCUT2D eigenvalue weighted by Gasteiger charge is 2.27. The van der Waals surface area contributed by atoms with Crippen molar-refractivity contribution >= 4 is 11.6 Å². The van der Waals surface area contributed by atoms with Crippen LogP contribution in [-0.2, 0) is 17.6 Å². The minimum absolute atomic E-state index is 0.0554. The number of carbonyl (C=O) groups excluding carboxylic acids is 1. The van der Waals surface area contributed by atoms with Gasteiger partial charge in [0.05, 0.1) is 24.9 Å². The summed E-state index contributed by atoms with van der Waals surface area (Å²) in [5.74, 6) is 1.52. The van der Waals surface area contributed by atoms with Crippen LogP contribution in [0.15, 0.2) is 22.7 Å². The molecule has 5 nitrogen and oxygen atoms in total. The zero-order valence-corrected chi connectivity index (χ0v) is 13.2. The number of hydrogen-bond acceptors (Lipinski definition) is 4. The van der Waals surface area contributed by atoms with Crippen LogP contribution in [0.4, 0.5) is 5.69 Å². The molecule has 0 atom stereocenters. The molecule has 1 aliphatic rings. The van der Waals surface area contributed by atoms with Crippen LogP contribution in [0.25, 0.3) is 0 Å². The highest BCUT2D eigenvalue weighted by molar-refractivity contribution is 5.97. The number of benzene rings is 1. The lowest BCUT2D eigenvalue weighted by Crippen LogP contribution is -2.37. The molecule has 0 fully saturated rings. The Bertz CT molecular complexity index is 672. The van der Waals surface area contributed by atoms with E-state index in [0.717, 1.165) is 47.6 Å². The van der Waals surface area contributed by atoms with Gasteiger partial charge in [-0.15, -0.1) is 0 Å². The molecule has 1 amide bonds. The third kappa shape index (κ3) is 2.47. The van der Waals surface area contributed by atoms with Gasteiger partial charge in [0.1, 0.15) is 11.5 Å². The van der Waals surface area contributed by atoms with Gasteiger partial charge in [0, 0.05) is 12.1 Å². The third-order valence-corrected chi connectivity index (χ3v) is 4.21. The molecule has 0 radical (unpaired) electrons. The van der Waals surface area contributed by atoms with Gasteiger partial charge in [-0.1, -0.05) is 17.3 Å². The first-order chi connectivity index (χ1) is 10.6. The number of fused-ring (bicyclic) bond motifs is 1. The van der Waals surface area contributed by atoms with E-state index < -0.39 is 0 Å². The summed E-state index contributed by atoms with van der Waals surface area (Å²) in [4.78, 5) is 14.6. The second-order valence-electron chi connectivity index (χ2n) is 5.60. The fourth-order valence-corrected chi connectivity index (χ4v) is 3.03. The average Bonchev–Trinajstić information content (AvgIpc) is 2.85. The summed E-state index contributed by atoms with van der Waals surface area (Å²) in [7, 11) is 1.64. The molecule has 2 aromatic rings. The monoisotopic (exact) mass is 300 g/mol. The van der Waals surface area contributed by atoms with Crippen molar-refractivity contribution < 1.29 is 14.1 Å². The first-order valence-corrected chi connectivity index (χ1v) is 7.49. The van der Waals surface area contributed by atoms with Gasteiger partial charge in [-0.05, 0) is 38.3 Å². The smallest absolute Gasteiger partial charge is 0.231 e. The first kappa shape index (κ1) is 14.6. The van der Waals surface area contributed by atoms with Gasteiger partial charge in [0.15, 0.2) is 0 Å². The second kappa shape index (κ2) is 5.83. The lowest BCUT2D eigenvalue weighted by atomic mass is 9.99. The fraction of sp³-hybridized carbons (Fsp3) is 0.412. The van der Waals surface area contributed by atoms with Crippen molar-refractivity contribution in [1.29, 1.82) is 0 Å². The Hall–Kier alpha value is -2.30. The summed E-state index contributed by atoms with van der Waals surface area (Å²) in [5.41, 5.74) is 3.74. The van der Waals surface area contributed by atoms with E-state index in [1.807, 2.05) is 30.9 Å². The molecule has 1 aromatic carbocycles. The van der Waals surface area contributed by atoms with Gasteiger partial charge in [-0.2, -0.15) is 0 Å². The van der Waals surface area contributed by atoms with Crippen molar-refractivity contribution in [2.24, 2.45) is 0 Å². The van der Waals surface area contributed by atoms with Gasteiger partial charge in [0.2, 0.25) is 5.91 Å². The normalized spacial score (nSPS) is 13.9. The molecule has 22 heavy (non-hydrogen) atoms.